The van der Waals surface area contributed by atoms with Crippen LogP contribution in [0.4, 0.5) is 0 Å². The number of aliphatic carboxylic acids is 4. The molecule has 0 saturated carbocycles. The van der Waals surface area contributed by atoms with Crippen LogP contribution < -0.4 is 10.6 Å². The molecule has 0 rings (SSSR count). The van der Waals surface area contributed by atoms with Crippen LogP contribution in [0.3, 0.4) is 0 Å². The van der Waals surface area contributed by atoms with Gasteiger partial charge in [-0.05, 0) is 0 Å². The molecule has 10 heteroatoms. The summed E-state index contributed by atoms with van der Waals surface area (Å²) in [7, 11) is 0. The Kier molecular flexibility index (Phi) is 9.46. The SMILES string of the molecule is O=C(O)CC(CC(=O)O)NCCNC(CC(=O)O)CC(=O)O. The minimum absolute atomic E-state index is 0.182. The predicted molar refractivity (Wildman–Crippen MR) is 72.6 cm³/mol. The number of rotatable bonds is 13. The Morgan fingerprint density at radius 1 is 0.591 bits per heavy atom. The van der Waals surface area contributed by atoms with Crippen LogP contribution >= 0.6 is 0 Å². The average Bonchev–Trinajstić information content (AvgIpc) is 2.31. The Labute approximate surface area is 126 Å². The lowest BCUT2D eigenvalue weighted by molar-refractivity contribution is -0.141. The fourth-order valence-electron chi connectivity index (χ4n) is 1.83. The van der Waals surface area contributed by atoms with Crippen molar-refractivity contribution in [3.8, 4) is 0 Å². The Bertz CT molecular complexity index is 342. The van der Waals surface area contributed by atoms with Gasteiger partial charge < -0.3 is 31.1 Å². The second kappa shape index (κ2) is 10.5. The molecule has 0 radical (unpaired) electrons. The van der Waals surface area contributed by atoms with Crippen LogP contribution in [-0.4, -0.2) is 69.5 Å². The fourth-order valence-corrected chi connectivity index (χ4v) is 1.83. The van der Waals surface area contributed by atoms with Gasteiger partial charge in [-0.25, -0.2) is 0 Å². The van der Waals surface area contributed by atoms with Crippen molar-refractivity contribution in [2.75, 3.05) is 13.1 Å². The van der Waals surface area contributed by atoms with Crippen LogP contribution in [0.1, 0.15) is 25.7 Å². The Morgan fingerprint density at radius 2 is 0.818 bits per heavy atom. The molecule has 0 unspecified atom stereocenters. The van der Waals surface area contributed by atoms with Crippen LogP contribution in [0.25, 0.3) is 0 Å². The van der Waals surface area contributed by atoms with Gasteiger partial charge in [-0.15, -0.1) is 0 Å². The van der Waals surface area contributed by atoms with Gasteiger partial charge >= 0.3 is 23.9 Å². The highest BCUT2D eigenvalue weighted by atomic mass is 16.4. The number of hydrogen-bond acceptors (Lipinski definition) is 6. The zero-order chi connectivity index (χ0) is 17.1. The minimum Gasteiger partial charge on any atom is -0.481 e. The van der Waals surface area contributed by atoms with Gasteiger partial charge in [-0.1, -0.05) is 0 Å². The summed E-state index contributed by atoms with van der Waals surface area (Å²) in [5, 5.41) is 40.1. The molecule has 6 N–H and O–H groups in total. The fraction of sp³-hybridized carbons (Fsp3) is 0.667. The van der Waals surface area contributed by atoms with Gasteiger partial charge in [0.2, 0.25) is 0 Å². The third kappa shape index (κ3) is 11.6. The molecule has 0 spiro atoms. The van der Waals surface area contributed by atoms with E-state index in [0.29, 0.717) is 0 Å². The van der Waals surface area contributed by atoms with E-state index in [0.717, 1.165) is 0 Å². The van der Waals surface area contributed by atoms with Crippen molar-refractivity contribution in [1.29, 1.82) is 0 Å². The van der Waals surface area contributed by atoms with E-state index < -0.39 is 36.0 Å². The first-order valence-corrected chi connectivity index (χ1v) is 6.54. The summed E-state index contributed by atoms with van der Waals surface area (Å²) in [5.41, 5.74) is 0. The zero-order valence-corrected chi connectivity index (χ0v) is 11.8. The van der Waals surface area contributed by atoms with Crippen LogP contribution in [0, 0.1) is 0 Å². The number of carboxylic acids is 4. The molecule has 0 saturated heterocycles. The summed E-state index contributed by atoms with van der Waals surface area (Å²) >= 11 is 0. The first-order valence-electron chi connectivity index (χ1n) is 6.54. The minimum atomic E-state index is -1.14. The molecule has 0 aliphatic carbocycles. The van der Waals surface area contributed by atoms with Crippen molar-refractivity contribution in [3.63, 3.8) is 0 Å². The molecule has 22 heavy (non-hydrogen) atoms. The van der Waals surface area contributed by atoms with Gasteiger partial charge in [0, 0.05) is 25.2 Å². The Morgan fingerprint density at radius 3 is 1.00 bits per heavy atom. The van der Waals surface area contributed by atoms with Crippen molar-refractivity contribution in [2.45, 2.75) is 37.8 Å². The van der Waals surface area contributed by atoms with Crippen molar-refractivity contribution < 1.29 is 39.6 Å². The lowest BCUT2D eigenvalue weighted by Crippen LogP contribution is -2.41. The number of hydrogen-bond donors (Lipinski definition) is 6. The second-order valence-corrected chi connectivity index (χ2v) is 4.69. The van der Waals surface area contributed by atoms with E-state index in [1.807, 2.05) is 0 Å². The maximum Gasteiger partial charge on any atom is 0.304 e. The van der Waals surface area contributed by atoms with E-state index in [1.165, 1.54) is 0 Å². The van der Waals surface area contributed by atoms with Crippen LogP contribution in [0.2, 0.25) is 0 Å². The molecule has 0 aromatic heterocycles. The Balaban J connectivity index is 4.20. The highest BCUT2D eigenvalue weighted by Gasteiger charge is 2.18. The predicted octanol–water partition coefficient (Wildman–Crippen LogP) is -1.20. The molecule has 10 nitrogen and oxygen atoms in total. The second-order valence-electron chi connectivity index (χ2n) is 4.69. The van der Waals surface area contributed by atoms with Gasteiger partial charge in [0.25, 0.3) is 0 Å². The topological polar surface area (TPSA) is 173 Å². The lowest BCUT2D eigenvalue weighted by Gasteiger charge is -2.18. The highest BCUT2D eigenvalue weighted by Crippen LogP contribution is 2.00. The van der Waals surface area contributed by atoms with Crippen molar-refractivity contribution in [1.82, 2.24) is 10.6 Å². The van der Waals surface area contributed by atoms with Crippen molar-refractivity contribution in [3.05, 3.63) is 0 Å². The molecule has 0 atom stereocenters. The summed E-state index contributed by atoms with van der Waals surface area (Å²) in [6.45, 7) is 0.363. The molecule has 0 aliphatic heterocycles. The molecular formula is C12H20N2O8. The van der Waals surface area contributed by atoms with Gasteiger partial charge in [-0.3, -0.25) is 19.2 Å². The largest absolute Gasteiger partial charge is 0.481 e. The first kappa shape index (κ1) is 19.8. The average molecular weight is 320 g/mol. The maximum atomic E-state index is 10.6. The molecule has 126 valence electrons. The number of carbonyl (C=O) groups is 4. The summed E-state index contributed by atoms with van der Waals surface area (Å²) in [5.74, 6) is -4.55. The van der Waals surface area contributed by atoms with E-state index in [2.05, 4.69) is 10.6 Å². The van der Waals surface area contributed by atoms with E-state index in [-0.39, 0.29) is 38.8 Å². The van der Waals surface area contributed by atoms with Crippen molar-refractivity contribution >= 4 is 23.9 Å². The quantitative estimate of drug-likeness (QED) is 0.226. The maximum absolute atomic E-state index is 10.6. The smallest absolute Gasteiger partial charge is 0.304 e. The van der Waals surface area contributed by atoms with Crippen LogP contribution in [-0.2, 0) is 19.2 Å². The Hall–Kier alpha value is -2.20. The lowest BCUT2D eigenvalue weighted by atomic mass is 10.1. The first-order chi connectivity index (χ1) is 10.2. The van der Waals surface area contributed by atoms with Gasteiger partial charge in [0.1, 0.15) is 0 Å². The normalized spacial score (nSPS) is 10.8. The number of carboxylic acid groups (broad SMARTS) is 4. The molecular weight excluding hydrogens is 300 g/mol. The zero-order valence-electron chi connectivity index (χ0n) is 11.8. The molecule has 0 bridgehead atoms. The molecule has 0 heterocycles. The molecule has 0 aromatic carbocycles. The van der Waals surface area contributed by atoms with Gasteiger partial charge in [0.05, 0.1) is 25.7 Å². The van der Waals surface area contributed by atoms with E-state index >= 15 is 0 Å². The summed E-state index contributed by atoms with van der Waals surface area (Å²) in [6, 6.07) is -1.51. The van der Waals surface area contributed by atoms with Crippen molar-refractivity contribution in [2.24, 2.45) is 0 Å². The van der Waals surface area contributed by atoms with Gasteiger partial charge in [-0.2, -0.15) is 0 Å². The molecule has 0 fully saturated rings. The molecule has 0 amide bonds. The highest BCUT2D eigenvalue weighted by molar-refractivity contribution is 5.72. The van der Waals surface area contributed by atoms with Crippen LogP contribution in [0.15, 0.2) is 0 Å². The molecule has 0 aromatic rings. The number of nitrogens with one attached hydrogen (secondary N) is 2. The van der Waals surface area contributed by atoms with Crippen LogP contribution in [0.5, 0.6) is 0 Å². The summed E-state index contributed by atoms with van der Waals surface area (Å²) in [6.07, 6.45) is -1.44. The van der Waals surface area contributed by atoms with E-state index in [9.17, 15) is 19.2 Å². The molecule has 0 aliphatic rings. The van der Waals surface area contributed by atoms with E-state index in [1.54, 1.807) is 0 Å². The summed E-state index contributed by atoms with van der Waals surface area (Å²) < 4.78 is 0. The summed E-state index contributed by atoms with van der Waals surface area (Å²) in [4.78, 5) is 42.4. The van der Waals surface area contributed by atoms with Gasteiger partial charge in [0.15, 0.2) is 0 Å². The standard InChI is InChI=1S/C12H20N2O8/c15-9(16)3-7(4-10(17)18)13-1-2-14-8(5-11(19)20)6-12(21)22/h7-8,13-14H,1-6H2,(H,15,16)(H,17,18)(H,19,20)(H,21,22). The third-order valence-corrected chi connectivity index (χ3v) is 2.68. The third-order valence-electron chi connectivity index (χ3n) is 2.68. The van der Waals surface area contributed by atoms with E-state index in [4.69, 9.17) is 20.4 Å². The monoisotopic (exact) mass is 320 g/mol.